The van der Waals surface area contributed by atoms with Gasteiger partial charge in [-0.3, -0.25) is 9.78 Å². The van der Waals surface area contributed by atoms with E-state index in [-0.39, 0.29) is 5.56 Å². The van der Waals surface area contributed by atoms with E-state index >= 15 is 0 Å². The number of hydrogen-bond donors (Lipinski definition) is 2. The van der Waals surface area contributed by atoms with E-state index in [1.165, 1.54) is 0 Å². The first-order chi connectivity index (χ1) is 10.7. The van der Waals surface area contributed by atoms with Crippen molar-refractivity contribution in [3.63, 3.8) is 0 Å². The maximum absolute atomic E-state index is 12.0. The van der Waals surface area contributed by atoms with E-state index in [0.717, 1.165) is 5.56 Å². The Hall–Kier alpha value is -2.60. The molecule has 1 aromatic carbocycles. The van der Waals surface area contributed by atoms with Crippen LogP contribution in [0.5, 0.6) is 0 Å². The molecule has 0 atom stereocenters. The number of aromatic nitrogens is 3. The van der Waals surface area contributed by atoms with Crippen LogP contribution >= 0.6 is 11.6 Å². The molecular formula is C15H13ClN4O2. The highest BCUT2D eigenvalue weighted by Crippen LogP contribution is 2.10. The molecule has 2 aromatic heterocycles. The highest BCUT2D eigenvalue weighted by Gasteiger charge is 2.07. The van der Waals surface area contributed by atoms with Gasteiger partial charge in [-0.2, -0.15) is 0 Å². The van der Waals surface area contributed by atoms with Gasteiger partial charge in [-0.1, -0.05) is 23.7 Å². The number of aromatic amines is 1. The second kappa shape index (κ2) is 6.44. The Balaban J connectivity index is 1.66. The number of halogens is 1. The molecule has 112 valence electrons. The van der Waals surface area contributed by atoms with Crippen molar-refractivity contribution in [3.8, 4) is 0 Å². The van der Waals surface area contributed by atoms with E-state index in [1.54, 1.807) is 30.5 Å². The van der Waals surface area contributed by atoms with Gasteiger partial charge in [0.05, 0.1) is 12.7 Å². The summed E-state index contributed by atoms with van der Waals surface area (Å²) in [6.07, 6.45) is 1.87. The molecule has 0 bridgehead atoms. The van der Waals surface area contributed by atoms with Gasteiger partial charge in [-0.15, -0.1) is 10.2 Å². The van der Waals surface area contributed by atoms with Crippen LogP contribution in [0.3, 0.4) is 0 Å². The lowest BCUT2D eigenvalue weighted by Crippen LogP contribution is -2.19. The normalized spacial score (nSPS) is 10.6. The molecule has 3 rings (SSSR count). The molecule has 3 aromatic rings. The number of H-pyrrole nitrogens is 1. The van der Waals surface area contributed by atoms with Gasteiger partial charge in [-0.25, -0.2) is 0 Å². The molecule has 7 heteroatoms. The Kier molecular flexibility index (Phi) is 4.20. The van der Waals surface area contributed by atoms with Crippen molar-refractivity contribution in [3.05, 3.63) is 75.1 Å². The van der Waals surface area contributed by atoms with Crippen molar-refractivity contribution in [1.29, 1.82) is 0 Å². The van der Waals surface area contributed by atoms with Gasteiger partial charge in [0.15, 0.2) is 0 Å². The number of nitrogens with one attached hydrogen (secondary N) is 2. The van der Waals surface area contributed by atoms with Gasteiger partial charge in [0.1, 0.15) is 11.5 Å². The summed E-state index contributed by atoms with van der Waals surface area (Å²) in [5.41, 5.74) is 1.05. The molecule has 2 heterocycles. The third-order valence-electron chi connectivity index (χ3n) is 3.06. The first kappa shape index (κ1) is 14.3. The smallest absolute Gasteiger partial charge is 0.274 e. The van der Waals surface area contributed by atoms with Gasteiger partial charge in [0.25, 0.3) is 5.56 Å². The molecule has 0 amide bonds. The fourth-order valence-corrected chi connectivity index (χ4v) is 2.05. The van der Waals surface area contributed by atoms with Crippen LogP contribution in [0, 0.1) is 0 Å². The Bertz CT molecular complexity index is 797. The Morgan fingerprint density at radius 3 is 2.68 bits per heavy atom. The highest BCUT2D eigenvalue weighted by atomic mass is 35.5. The van der Waals surface area contributed by atoms with Gasteiger partial charge in [-0.05, 0) is 29.8 Å². The number of furan rings is 1. The average Bonchev–Trinajstić information content (AvgIpc) is 3.02. The summed E-state index contributed by atoms with van der Waals surface area (Å²) in [5.74, 6) is 0.991. The molecule has 0 radical (unpaired) electrons. The van der Waals surface area contributed by atoms with Crippen molar-refractivity contribution in [1.82, 2.24) is 15.2 Å². The summed E-state index contributed by atoms with van der Waals surface area (Å²) in [5, 5.41) is 11.6. The van der Waals surface area contributed by atoms with Crippen molar-refractivity contribution >= 4 is 17.5 Å². The average molecular weight is 317 g/mol. The number of rotatable bonds is 5. The lowest BCUT2D eigenvalue weighted by molar-refractivity contribution is 0.517. The van der Waals surface area contributed by atoms with Crippen LogP contribution in [0.2, 0.25) is 5.02 Å². The van der Waals surface area contributed by atoms with Crippen LogP contribution in [0.15, 0.2) is 51.9 Å². The monoisotopic (exact) mass is 316 g/mol. The van der Waals surface area contributed by atoms with Crippen molar-refractivity contribution < 1.29 is 4.42 Å². The largest absolute Gasteiger partial charge is 0.469 e. The third kappa shape index (κ3) is 3.53. The summed E-state index contributed by atoms with van der Waals surface area (Å²) in [4.78, 5) is 14.6. The molecule has 0 spiro atoms. The lowest BCUT2D eigenvalue weighted by atomic mass is 10.2. The Labute approximate surface area is 131 Å². The molecule has 0 saturated carbocycles. The predicted octanol–water partition coefficient (Wildman–Crippen LogP) is 2.61. The van der Waals surface area contributed by atoms with Gasteiger partial charge in [0.2, 0.25) is 5.95 Å². The number of nitrogens with zero attached hydrogens (tertiary/aromatic N) is 2. The van der Waals surface area contributed by atoms with Gasteiger partial charge >= 0.3 is 0 Å². The van der Waals surface area contributed by atoms with Crippen LogP contribution in [-0.2, 0) is 13.0 Å². The summed E-state index contributed by atoms with van der Waals surface area (Å²) < 4.78 is 5.19. The Morgan fingerprint density at radius 1 is 1.18 bits per heavy atom. The number of hydrogen-bond acceptors (Lipinski definition) is 5. The topological polar surface area (TPSA) is 83.8 Å². The van der Waals surface area contributed by atoms with E-state index < -0.39 is 0 Å². The van der Waals surface area contributed by atoms with Gasteiger partial charge in [0, 0.05) is 11.6 Å². The fraction of sp³-hybridized carbons (Fsp3) is 0.133. The zero-order valence-corrected chi connectivity index (χ0v) is 12.3. The molecular weight excluding hydrogens is 304 g/mol. The van der Waals surface area contributed by atoms with E-state index in [2.05, 4.69) is 20.5 Å². The molecule has 0 fully saturated rings. The van der Waals surface area contributed by atoms with Crippen LogP contribution in [0.4, 0.5) is 5.95 Å². The van der Waals surface area contributed by atoms with Crippen LogP contribution in [0.1, 0.15) is 17.0 Å². The Morgan fingerprint density at radius 2 is 2.00 bits per heavy atom. The predicted molar refractivity (Wildman–Crippen MR) is 82.9 cm³/mol. The summed E-state index contributed by atoms with van der Waals surface area (Å²) >= 11 is 5.83. The lowest BCUT2D eigenvalue weighted by Gasteiger charge is -2.05. The van der Waals surface area contributed by atoms with E-state index in [4.69, 9.17) is 16.0 Å². The van der Waals surface area contributed by atoms with Crippen LogP contribution in [-0.4, -0.2) is 15.2 Å². The minimum absolute atomic E-state index is 0.287. The number of benzene rings is 1. The summed E-state index contributed by atoms with van der Waals surface area (Å²) in [6.45, 7) is 0.513. The van der Waals surface area contributed by atoms with Crippen molar-refractivity contribution in [2.45, 2.75) is 13.0 Å². The molecule has 0 aliphatic heterocycles. The first-order valence-electron chi connectivity index (χ1n) is 6.67. The molecule has 22 heavy (non-hydrogen) atoms. The van der Waals surface area contributed by atoms with Crippen molar-refractivity contribution in [2.75, 3.05) is 5.32 Å². The van der Waals surface area contributed by atoms with E-state index in [9.17, 15) is 4.79 Å². The maximum Gasteiger partial charge on any atom is 0.274 e. The maximum atomic E-state index is 12.0. The van der Waals surface area contributed by atoms with Crippen molar-refractivity contribution in [2.24, 2.45) is 0 Å². The molecule has 6 nitrogen and oxygen atoms in total. The van der Waals surface area contributed by atoms with E-state index in [1.807, 2.05) is 12.1 Å². The SMILES string of the molecule is O=c1[nH]c(NCc2ccc(Cl)cc2)nnc1Cc1ccco1. The minimum atomic E-state index is -0.287. The minimum Gasteiger partial charge on any atom is -0.469 e. The molecule has 0 saturated heterocycles. The first-order valence-corrected chi connectivity index (χ1v) is 7.05. The molecule has 0 unspecified atom stereocenters. The highest BCUT2D eigenvalue weighted by molar-refractivity contribution is 6.30. The van der Waals surface area contributed by atoms with Crippen LogP contribution < -0.4 is 10.9 Å². The summed E-state index contributed by atoms with van der Waals surface area (Å²) in [6, 6.07) is 10.9. The van der Waals surface area contributed by atoms with Crippen LogP contribution in [0.25, 0.3) is 0 Å². The molecule has 0 aliphatic carbocycles. The zero-order valence-electron chi connectivity index (χ0n) is 11.5. The molecule has 0 aliphatic rings. The second-order valence-corrected chi connectivity index (χ2v) is 5.12. The molecule has 2 N–H and O–H groups in total. The van der Waals surface area contributed by atoms with Gasteiger partial charge < -0.3 is 9.73 Å². The second-order valence-electron chi connectivity index (χ2n) is 4.69. The quantitative estimate of drug-likeness (QED) is 0.756. The fourth-order valence-electron chi connectivity index (χ4n) is 1.92. The number of anilines is 1. The summed E-state index contributed by atoms with van der Waals surface area (Å²) in [7, 11) is 0. The standard InChI is InChI=1S/C15H13ClN4O2/c16-11-5-3-10(4-6-11)9-17-15-18-14(21)13(19-20-15)8-12-2-1-7-22-12/h1-7H,8-9H2,(H2,17,18,20,21). The zero-order chi connectivity index (χ0) is 15.4. The van der Waals surface area contributed by atoms with E-state index in [0.29, 0.717) is 35.4 Å². The third-order valence-corrected chi connectivity index (χ3v) is 3.31.